The number of pyridine rings is 1. The van der Waals surface area contributed by atoms with Crippen molar-refractivity contribution in [2.24, 2.45) is 0 Å². The molecule has 0 atom stereocenters. The minimum atomic E-state index is -9.77. The van der Waals surface area contributed by atoms with Gasteiger partial charge in [0.25, 0.3) is 6.01 Å². The molecule has 0 aliphatic carbocycles. The largest absolute Gasteiger partial charge is 0.423 e. The van der Waals surface area contributed by atoms with Crippen molar-refractivity contribution in [3.05, 3.63) is 41.6 Å². The Kier molecular flexibility index (Phi) is 3.83. The average Bonchev–Trinajstić information content (AvgIpc) is 3.04. The maximum Gasteiger partial charge on any atom is 0.310 e. The van der Waals surface area contributed by atoms with E-state index in [4.69, 9.17) is 16.0 Å². The predicted octanol–water partition coefficient (Wildman–Crippen LogP) is 5.86. The fraction of sp³-hybridized carbons (Fsp3) is 0.250. The van der Waals surface area contributed by atoms with Gasteiger partial charge in [-0.05, 0) is 30.3 Å². The third kappa shape index (κ3) is 3.68. The minimum absolute atomic E-state index is 0.0100. The Bertz CT molecular complexity index is 1050. The van der Waals surface area contributed by atoms with E-state index in [0.717, 1.165) is 6.07 Å². The Hall–Kier alpha value is -2.27. The molecule has 1 aliphatic rings. The van der Waals surface area contributed by atoms with Crippen LogP contribution in [0.3, 0.4) is 0 Å². The van der Waals surface area contributed by atoms with Crippen LogP contribution in [-0.4, -0.2) is 36.1 Å². The Balaban J connectivity index is 1.55. The summed E-state index contributed by atoms with van der Waals surface area (Å²) < 4.78 is 70.4. The quantitative estimate of drug-likeness (QED) is 0.477. The Morgan fingerprint density at radius 2 is 1.64 bits per heavy atom. The standard InChI is InChI=1S/C16H14ClF5N4OS/c17-12-2-1-5-23-15(12)25-6-8-26(9-7-25)16-24-13-10-11(3-4-14(13)27-16)28(18,19,20,21)22/h1-5,10H,6-9H2. The van der Waals surface area contributed by atoms with Crippen LogP contribution in [0.1, 0.15) is 0 Å². The molecule has 0 amide bonds. The van der Waals surface area contributed by atoms with E-state index in [1.807, 2.05) is 4.90 Å². The van der Waals surface area contributed by atoms with E-state index in [1.165, 1.54) is 0 Å². The molecule has 2 aromatic heterocycles. The first-order chi connectivity index (χ1) is 12.9. The number of nitrogens with zero attached hydrogens (tertiary/aromatic N) is 4. The molecule has 1 saturated heterocycles. The molecule has 1 aliphatic heterocycles. The molecule has 5 nitrogen and oxygen atoms in total. The van der Waals surface area contributed by atoms with Crippen molar-refractivity contribution in [3.8, 4) is 0 Å². The van der Waals surface area contributed by atoms with E-state index in [2.05, 4.69) is 9.97 Å². The number of benzene rings is 1. The Morgan fingerprint density at radius 3 is 2.29 bits per heavy atom. The number of oxazole rings is 1. The first-order valence-corrected chi connectivity index (χ1v) is 10.5. The molecule has 1 aromatic carbocycles. The molecular weight excluding hydrogens is 427 g/mol. The lowest BCUT2D eigenvalue weighted by atomic mass is 10.3. The van der Waals surface area contributed by atoms with E-state index in [0.29, 0.717) is 49.2 Å². The summed E-state index contributed by atoms with van der Waals surface area (Å²) in [5, 5.41) is 0.515. The molecule has 12 heteroatoms. The van der Waals surface area contributed by atoms with E-state index in [9.17, 15) is 19.4 Å². The first kappa shape index (κ1) is 19.1. The maximum absolute atomic E-state index is 13.0. The zero-order valence-electron chi connectivity index (χ0n) is 14.2. The summed E-state index contributed by atoms with van der Waals surface area (Å²) >= 11 is 6.14. The fourth-order valence-electron chi connectivity index (χ4n) is 2.99. The van der Waals surface area contributed by atoms with Crippen molar-refractivity contribution in [1.29, 1.82) is 0 Å². The van der Waals surface area contributed by atoms with Crippen LogP contribution in [0.25, 0.3) is 11.1 Å². The summed E-state index contributed by atoms with van der Waals surface area (Å²) in [5.74, 6) is 0.641. The maximum atomic E-state index is 13.0. The summed E-state index contributed by atoms with van der Waals surface area (Å²) in [6.07, 6.45) is 1.63. The van der Waals surface area contributed by atoms with E-state index in [1.54, 1.807) is 23.2 Å². The molecule has 152 valence electrons. The normalized spacial score (nSPS) is 18.2. The summed E-state index contributed by atoms with van der Waals surface area (Å²) in [7, 11) is -9.77. The molecule has 1 fully saturated rings. The van der Waals surface area contributed by atoms with Crippen molar-refractivity contribution >= 4 is 44.8 Å². The molecule has 0 N–H and O–H groups in total. The van der Waals surface area contributed by atoms with Crippen LogP contribution in [-0.2, 0) is 0 Å². The molecular formula is C16H14ClF5N4OS. The molecule has 0 saturated carbocycles. The van der Waals surface area contributed by atoms with Gasteiger partial charge in [-0.2, -0.15) is 4.98 Å². The number of hydrogen-bond acceptors (Lipinski definition) is 5. The lowest BCUT2D eigenvalue weighted by Gasteiger charge is -2.40. The summed E-state index contributed by atoms with van der Waals surface area (Å²) in [6.45, 7) is 1.97. The highest BCUT2D eigenvalue weighted by Crippen LogP contribution is 3.02. The number of fused-ring (bicyclic) bond motifs is 1. The van der Waals surface area contributed by atoms with Crippen molar-refractivity contribution in [3.63, 3.8) is 0 Å². The van der Waals surface area contributed by atoms with Crippen LogP contribution in [0.15, 0.2) is 45.8 Å². The van der Waals surface area contributed by atoms with Gasteiger partial charge in [-0.3, -0.25) is 0 Å². The van der Waals surface area contributed by atoms with E-state index in [-0.39, 0.29) is 17.1 Å². The lowest BCUT2D eigenvalue weighted by molar-refractivity contribution is 0.364. The molecule has 0 bridgehead atoms. The van der Waals surface area contributed by atoms with Gasteiger partial charge >= 0.3 is 10.2 Å². The topological polar surface area (TPSA) is 45.4 Å². The van der Waals surface area contributed by atoms with E-state index >= 15 is 0 Å². The minimum Gasteiger partial charge on any atom is -0.423 e. The van der Waals surface area contributed by atoms with Gasteiger partial charge in [0.05, 0.1) is 5.02 Å². The molecule has 28 heavy (non-hydrogen) atoms. The third-order valence-corrected chi connectivity index (χ3v) is 5.82. The fourth-order valence-corrected chi connectivity index (χ4v) is 3.89. The number of aromatic nitrogens is 2. The van der Waals surface area contributed by atoms with Gasteiger partial charge < -0.3 is 14.2 Å². The van der Waals surface area contributed by atoms with Gasteiger partial charge in [-0.15, -0.1) is 0 Å². The number of rotatable bonds is 3. The Morgan fingerprint density at radius 1 is 0.964 bits per heavy atom. The first-order valence-electron chi connectivity index (χ1n) is 8.16. The lowest BCUT2D eigenvalue weighted by Crippen LogP contribution is -2.47. The van der Waals surface area contributed by atoms with E-state index < -0.39 is 15.1 Å². The molecule has 3 aromatic rings. The molecule has 0 unspecified atom stereocenters. The van der Waals surface area contributed by atoms with Gasteiger partial charge in [-0.1, -0.05) is 31.0 Å². The second-order valence-corrected chi connectivity index (χ2v) is 9.19. The third-order valence-electron chi connectivity index (χ3n) is 4.38. The average molecular weight is 441 g/mol. The van der Waals surface area contributed by atoms with Gasteiger partial charge in [-0.25, -0.2) is 4.98 Å². The van der Waals surface area contributed by atoms with Gasteiger partial charge in [0.2, 0.25) is 0 Å². The SMILES string of the molecule is FS(F)(F)(F)(F)c1ccc2oc(N3CCN(c4ncccc4Cl)CC3)nc2c1. The second-order valence-electron chi connectivity index (χ2n) is 6.38. The van der Waals surface area contributed by atoms with Crippen molar-refractivity contribution in [2.45, 2.75) is 4.90 Å². The molecule has 0 spiro atoms. The zero-order valence-corrected chi connectivity index (χ0v) is 15.7. The summed E-state index contributed by atoms with van der Waals surface area (Å²) in [4.78, 5) is 9.93. The highest BCUT2D eigenvalue weighted by atomic mass is 35.5. The van der Waals surface area contributed by atoms with Crippen LogP contribution in [0.4, 0.5) is 31.3 Å². The van der Waals surface area contributed by atoms with Crippen LogP contribution in [0, 0.1) is 0 Å². The van der Waals surface area contributed by atoms with Crippen LogP contribution in [0.2, 0.25) is 5.02 Å². The van der Waals surface area contributed by atoms with Gasteiger partial charge in [0.15, 0.2) is 5.58 Å². The Labute approximate surface area is 161 Å². The monoisotopic (exact) mass is 440 g/mol. The van der Waals surface area contributed by atoms with Crippen molar-refractivity contribution in [2.75, 3.05) is 36.0 Å². The molecule has 4 rings (SSSR count). The number of piperazine rings is 1. The van der Waals surface area contributed by atoms with Crippen molar-refractivity contribution < 1.29 is 23.8 Å². The zero-order chi connectivity index (χ0) is 20.2. The van der Waals surface area contributed by atoms with Crippen LogP contribution < -0.4 is 9.80 Å². The number of hydrogen-bond donors (Lipinski definition) is 0. The number of anilines is 2. The molecule has 0 radical (unpaired) electrons. The van der Waals surface area contributed by atoms with Crippen LogP contribution in [0.5, 0.6) is 0 Å². The highest BCUT2D eigenvalue weighted by Gasteiger charge is 2.65. The predicted molar refractivity (Wildman–Crippen MR) is 99.1 cm³/mol. The van der Waals surface area contributed by atoms with Crippen molar-refractivity contribution in [1.82, 2.24) is 9.97 Å². The van der Waals surface area contributed by atoms with Gasteiger partial charge in [0, 0.05) is 32.4 Å². The molecule has 3 heterocycles. The summed E-state index contributed by atoms with van der Waals surface area (Å²) in [5.41, 5.74) is -0.258. The number of halogens is 6. The second kappa shape index (κ2) is 5.63. The smallest absolute Gasteiger partial charge is 0.310 e. The highest BCUT2D eigenvalue weighted by molar-refractivity contribution is 8.45. The van der Waals surface area contributed by atoms with Crippen LogP contribution >= 0.6 is 21.8 Å². The summed E-state index contributed by atoms with van der Waals surface area (Å²) in [6, 6.07) is 5.05. The van der Waals surface area contributed by atoms with Gasteiger partial charge in [0.1, 0.15) is 16.2 Å².